The predicted molar refractivity (Wildman–Crippen MR) is 43.8 cm³/mol. The van der Waals surface area contributed by atoms with Crippen LogP contribution < -0.4 is 5.32 Å². The molecule has 1 saturated heterocycles. The third-order valence-electron chi connectivity index (χ3n) is 1.56. The van der Waals surface area contributed by atoms with Crippen molar-refractivity contribution < 1.29 is 9.90 Å². The second kappa shape index (κ2) is 5.35. The van der Waals surface area contributed by atoms with Crippen molar-refractivity contribution in [2.45, 2.75) is 0 Å². The van der Waals surface area contributed by atoms with Crippen molar-refractivity contribution in [2.24, 2.45) is 0 Å². The zero-order valence-corrected chi connectivity index (χ0v) is 7.06. The molecule has 1 amide bonds. The number of nitrogens with zero attached hydrogens (tertiary/aromatic N) is 1. The number of aliphatic hydroxyl groups is 1. The van der Waals surface area contributed by atoms with E-state index in [1.165, 1.54) is 0 Å². The molecule has 2 N–H and O–H groups in total. The fraction of sp³-hybridized carbons (Fsp3) is 0.833. The van der Waals surface area contributed by atoms with E-state index in [0.717, 1.165) is 13.1 Å². The second-order valence-corrected chi connectivity index (χ2v) is 2.28. The van der Waals surface area contributed by atoms with Gasteiger partial charge in [0.05, 0.1) is 13.2 Å². The van der Waals surface area contributed by atoms with E-state index >= 15 is 0 Å². The van der Waals surface area contributed by atoms with Crippen molar-refractivity contribution in [1.29, 1.82) is 0 Å². The highest BCUT2D eigenvalue weighted by Gasteiger charge is 2.15. The zero-order chi connectivity index (χ0) is 7.40. The van der Waals surface area contributed by atoms with Gasteiger partial charge >= 0.3 is 0 Å². The summed E-state index contributed by atoms with van der Waals surface area (Å²) in [6.07, 6.45) is 0. The molecule has 0 saturated carbocycles. The van der Waals surface area contributed by atoms with Crippen LogP contribution >= 0.6 is 12.4 Å². The molecule has 1 aliphatic rings. The van der Waals surface area contributed by atoms with E-state index in [1.807, 2.05) is 0 Å². The third kappa shape index (κ3) is 3.05. The summed E-state index contributed by atoms with van der Waals surface area (Å²) < 4.78 is 0. The summed E-state index contributed by atoms with van der Waals surface area (Å²) >= 11 is 0. The zero-order valence-electron chi connectivity index (χ0n) is 6.25. The highest BCUT2D eigenvalue weighted by atomic mass is 35.5. The molecule has 1 heterocycles. The maximum atomic E-state index is 10.9. The molecule has 66 valence electrons. The van der Waals surface area contributed by atoms with E-state index in [1.54, 1.807) is 4.90 Å². The molecule has 0 atom stereocenters. The minimum atomic E-state index is 0. The Kier molecular flexibility index (Phi) is 5.19. The maximum absolute atomic E-state index is 10.9. The summed E-state index contributed by atoms with van der Waals surface area (Å²) in [6, 6.07) is 0. The average molecular weight is 181 g/mol. The molecule has 0 radical (unpaired) electrons. The largest absolute Gasteiger partial charge is 0.395 e. The molecular formula is C6H13ClN2O2. The van der Waals surface area contributed by atoms with Gasteiger partial charge in [0.1, 0.15) is 0 Å². The lowest BCUT2D eigenvalue weighted by molar-refractivity contribution is -0.132. The Morgan fingerprint density at radius 2 is 2.36 bits per heavy atom. The van der Waals surface area contributed by atoms with Crippen LogP contribution in [0, 0.1) is 0 Å². The van der Waals surface area contributed by atoms with Gasteiger partial charge in [0, 0.05) is 19.6 Å². The van der Waals surface area contributed by atoms with Crippen molar-refractivity contribution >= 4 is 18.3 Å². The number of rotatable bonds is 2. The van der Waals surface area contributed by atoms with Gasteiger partial charge in [0.2, 0.25) is 5.91 Å². The van der Waals surface area contributed by atoms with Gasteiger partial charge in [0.25, 0.3) is 0 Å². The minimum Gasteiger partial charge on any atom is -0.395 e. The quantitative estimate of drug-likeness (QED) is 0.564. The molecule has 1 fully saturated rings. The highest BCUT2D eigenvalue weighted by Crippen LogP contribution is 1.91. The first-order valence-corrected chi connectivity index (χ1v) is 3.44. The van der Waals surface area contributed by atoms with Crippen molar-refractivity contribution in [3.8, 4) is 0 Å². The summed E-state index contributed by atoms with van der Waals surface area (Å²) in [4.78, 5) is 12.6. The summed E-state index contributed by atoms with van der Waals surface area (Å²) in [5.41, 5.74) is 0. The monoisotopic (exact) mass is 180 g/mol. The van der Waals surface area contributed by atoms with Gasteiger partial charge in [-0.3, -0.25) is 4.79 Å². The van der Waals surface area contributed by atoms with Crippen LogP contribution in [-0.2, 0) is 4.79 Å². The molecule has 0 aliphatic carbocycles. The Labute approximate surface area is 72.0 Å². The van der Waals surface area contributed by atoms with Gasteiger partial charge in [-0.2, -0.15) is 0 Å². The summed E-state index contributed by atoms with van der Waals surface area (Å²) in [6.45, 7) is 2.51. The average Bonchev–Trinajstić information content (AvgIpc) is 1.94. The van der Waals surface area contributed by atoms with E-state index < -0.39 is 0 Å². The van der Waals surface area contributed by atoms with Gasteiger partial charge in [-0.15, -0.1) is 12.4 Å². The lowest BCUT2D eigenvalue weighted by Gasteiger charge is -2.26. The number of hydrogen-bond acceptors (Lipinski definition) is 3. The Morgan fingerprint density at radius 3 is 2.91 bits per heavy atom. The van der Waals surface area contributed by atoms with Gasteiger partial charge in [-0.1, -0.05) is 0 Å². The molecule has 4 nitrogen and oxygen atoms in total. The van der Waals surface area contributed by atoms with Crippen molar-refractivity contribution in [2.75, 3.05) is 32.8 Å². The van der Waals surface area contributed by atoms with E-state index in [4.69, 9.17) is 5.11 Å². The van der Waals surface area contributed by atoms with Crippen LogP contribution in [0.25, 0.3) is 0 Å². The lowest BCUT2D eigenvalue weighted by atomic mass is 10.3. The van der Waals surface area contributed by atoms with E-state index in [-0.39, 0.29) is 24.9 Å². The van der Waals surface area contributed by atoms with Crippen LogP contribution in [-0.4, -0.2) is 48.7 Å². The standard InChI is InChI=1S/C6H12N2O2.ClH/c9-4-3-8-2-1-7-5-6(8)10;/h7,9H,1-5H2;1H. The maximum Gasteiger partial charge on any atom is 0.236 e. The van der Waals surface area contributed by atoms with Crippen LogP contribution in [0.4, 0.5) is 0 Å². The van der Waals surface area contributed by atoms with Gasteiger partial charge in [-0.25, -0.2) is 0 Å². The number of nitrogens with one attached hydrogen (secondary N) is 1. The molecule has 5 heteroatoms. The van der Waals surface area contributed by atoms with Crippen LogP contribution in [0.15, 0.2) is 0 Å². The number of β-amino-alcohol motifs (C(OH)–C–C–N with tert-alkyl or cyclic N) is 1. The number of piperazine rings is 1. The molecule has 11 heavy (non-hydrogen) atoms. The first-order chi connectivity index (χ1) is 4.84. The third-order valence-corrected chi connectivity index (χ3v) is 1.56. The Morgan fingerprint density at radius 1 is 1.64 bits per heavy atom. The predicted octanol–water partition coefficient (Wildman–Crippen LogP) is -1.17. The first kappa shape index (κ1) is 10.7. The molecular weight excluding hydrogens is 168 g/mol. The lowest BCUT2D eigenvalue weighted by Crippen LogP contribution is -2.48. The van der Waals surface area contributed by atoms with Crippen molar-refractivity contribution in [1.82, 2.24) is 10.2 Å². The number of halogens is 1. The van der Waals surface area contributed by atoms with E-state index in [0.29, 0.717) is 13.1 Å². The fourth-order valence-corrected chi connectivity index (χ4v) is 1.00. The highest BCUT2D eigenvalue weighted by molar-refractivity contribution is 5.85. The smallest absolute Gasteiger partial charge is 0.236 e. The second-order valence-electron chi connectivity index (χ2n) is 2.28. The van der Waals surface area contributed by atoms with Crippen LogP contribution in [0.2, 0.25) is 0 Å². The molecule has 0 aromatic rings. The van der Waals surface area contributed by atoms with E-state index in [9.17, 15) is 4.79 Å². The summed E-state index contributed by atoms with van der Waals surface area (Å²) in [5, 5.41) is 11.5. The molecule has 0 unspecified atom stereocenters. The van der Waals surface area contributed by atoms with Crippen LogP contribution in [0.1, 0.15) is 0 Å². The number of carbonyl (C=O) groups excluding carboxylic acids is 1. The van der Waals surface area contributed by atoms with Gasteiger partial charge in [0.15, 0.2) is 0 Å². The first-order valence-electron chi connectivity index (χ1n) is 3.44. The minimum absolute atomic E-state index is 0. The summed E-state index contributed by atoms with van der Waals surface area (Å²) in [5.74, 6) is 0.0836. The normalized spacial score (nSPS) is 17.9. The molecule has 1 rings (SSSR count). The Hall–Kier alpha value is -0.320. The van der Waals surface area contributed by atoms with Crippen molar-refractivity contribution in [3.05, 3.63) is 0 Å². The van der Waals surface area contributed by atoms with Crippen LogP contribution in [0.5, 0.6) is 0 Å². The molecule has 0 bridgehead atoms. The van der Waals surface area contributed by atoms with E-state index in [2.05, 4.69) is 5.32 Å². The van der Waals surface area contributed by atoms with Crippen LogP contribution in [0.3, 0.4) is 0 Å². The molecule has 0 aromatic carbocycles. The number of aliphatic hydroxyl groups excluding tert-OH is 1. The SMILES string of the molecule is Cl.O=C1CNCCN1CCO. The number of amides is 1. The Bertz CT molecular complexity index is 130. The summed E-state index contributed by atoms with van der Waals surface area (Å²) in [7, 11) is 0. The van der Waals surface area contributed by atoms with Gasteiger partial charge in [-0.05, 0) is 0 Å². The molecule has 0 aromatic heterocycles. The number of carbonyl (C=O) groups is 1. The topological polar surface area (TPSA) is 52.6 Å². The molecule has 1 aliphatic heterocycles. The fourth-order valence-electron chi connectivity index (χ4n) is 1.00. The molecule has 0 spiro atoms. The van der Waals surface area contributed by atoms with Crippen molar-refractivity contribution in [3.63, 3.8) is 0 Å². The number of hydrogen-bond donors (Lipinski definition) is 2. The Balaban J connectivity index is 0.000001000. The van der Waals surface area contributed by atoms with Gasteiger partial charge < -0.3 is 15.3 Å².